The second-order valence-corrected chi connectivity index (χ2v) is 6.59. The van der Waals surface area contributed by atoms with E-state index in [9.17, 15) is 9.59 Å². The maximum Gasteiger partial charge on any atom is 0.273 e. The van der Waals surface area contributed by atoms with Gasteiger partial charge >= 0.3 is 0 Å². The first-order valence-electron chi connectivity index (χ1n) is 8.55. The number of carbonyl (C=O) groups excluding carboxylic acids is 1. The van der Waals surface area contributed by atoms with Gasteiger partial charge in [0.25, 0.3) is 5.56 Å². The van der Waals surface area contributed by atoms with Gasteiger partial charge in [-0.3, -0.25) is 14.2 Å². The van der Waals surface area contributed by atoms with Crippen molar-refractivity contribution in [1.82, 2.24) is 9.55 Å². The van der Waals surface area contributed by atoms with Crippen LogP contribution in [0.2, 0.25) is 5.02 Å². The van der Waals surface area contributed by atoms with Crippen LogP contribution < -0.4 is 20.3 Å². The van der Waals surface area contributed by atoms with Crippen LogP contribution in [0.4, 0.5) is 5.69 Å². The van der Waals surface area contributed by atoms with Gasteiger partial charge in [-0.15, -0.1) is 0 Å². The summed E-state index contributed by atoms with van der Waals surface area (Å²) in [6.07, 6.45) is 0. The highest BCUT2D eigenvalue weighted by Gasteiger charge is 2.18. The minimum absolute atomic E-state index is 0.00411. The van der Waals surface area contributed by atoms with Gasteiger partial charge in [0.2, 0.25) is 12.7 Å². The molecule has 8 heteroatoms. The highest BCUT2D eigenvalue weighted by atomic mass is 35.5. The zero-order valence-electron chi connectivity index (χ0n) is 14.9. The third kappa shape index (κ3) is 3.44. The Hall–Kier alpha value is -3.32. The number of nitrogens with zero attached hydrogens (tertiary/aromatic N) is 2. The number of fused-ring (bicyclic) bond motifs is 1. The lowest BCUT2D eigenvalue weighted by Crippen LogP contribution is -2.30. The van der Waals surface area contributed by atoms with Crippen LogP contribution in [-0.2, 0) is 11.3 Å². The molecule has 0 atom stereocenters. The maximum absolute atomic E-state index is 12.7. The van der Waals surface area contributed by atoms with E-state index < -0.39 is 5.56 Å². The van der Waals surface area contributed by atoms with Gasteiger partial charge < -0.3 is 14.8 Å². The van der Waals surface area contributed by atoms with E-state index in [-0.39, 0.29) is 24.3 Å². The van der Waals surface area contributed by atoms with Crippen molar-refractivity contribution in [3.05, 3.63) is 69.6 Å². The smallest absolute Gasteiger partial charge is 0.273 e. The summed E-state index contributed by atoms with van der Waals surface area (Å²) in [5.41, 5.74) is 1.21. The van der Waals surface area contributed by atoms with E-state index in [0.29, 0.717) is 28.7 Å². The molecule has 7 nitrogen and oxygen atoms in total. The van der Waals surface area contributed by atoms with E-state index in [1.807, 2.05) is 30.3 Å². The van der Waals surface area contributed by atoms with E-state index >= 15 is 0 Å². The van der Waals surface area contributed by atoms with Crippen molar-refractivity contribution in [3.63, 3.8) is 0 Å². The van der Waals surface area contributed by atoms with Gasteiger partial charge in [0.15, 0.2) is 11.5 Å². The predicted octanol–water partition coefficient (Wildman–Crippen LogP) is 3.24. The third-order valence-corrected chi connectivity index (χ3v) is 4.71. The van der Waals surface area contributed by atoms with E-state index in [4.69, 9.17) is 21.1 Å². The zero-order valence-corrected chi connectivity index (χ0v) is 15.7. The molecule has 1 aliphatic heterocycles. The first-order chi connectivity index (χ1) is 13.5. The molecular formula is C20H16ClN3O4. The Kier molecular flexibility index (Phi) is 4.75. The van der Waals surface area contributed by atoms with Crippen LogP contribution in [-0.4, -0.2) is 22.3 Å². The van der Waals surface area contributed by atoms with E-state index in [1.165, 1.54) is 4.57 Å². The summed E-state index contributed by atoms with van der Waals surface area (Å²) in [7, 11) is 0. The van der Waals surface area contributed by atoms with E-state index in [1.54, 1.807) is 25.1 Å². The number of ether oxygens (including phenoxy) is 2. The second kappa shape index (κ2) is 7.36. The minimum atomic E-state index is -0.464. The van der Waals surface area contributed by atoms with Crippen LogP contribution >= 0.6 is 11.6 Å². The van der Waals surface area contributed by atoms with Crippen LogP contribution in [0.15, 0.2) is 53.3 Å². The van der Waals surface area contributed by atoms with Crippen molar-refractivity contribution >= 4 is 23.2 Å². The molecule has 0 spiro atoms. The van der Waals surface area contributed by atoms with Crippen molar-refractivity contribution in [2.24, 2.45) is 0 Å². The first-order valence-corrected chi connectivity index (χ1v) is 8.92. The topological polar surface area (TPSA) is 82.5 Å². The summed E-state index contributed by atoms with van der Waals surface area (Å²) in [4.78, 5) is 29.7. The molecule has 1 aromatic heterocycles. The summed E-state index contributed by atoms with van der Waals surface area (Å²) in [5, 5.41) is 2.75. The molecule has 0 saturated heterocycles. The van der Waals surface area contributed by atoms with Crippen molar-refractivity contribution in [3.8, 4) is 22.9 Å². The molecule has 0 unspecified atom stereocenters. The van der Waals surface area contributed by atoms with Crippen molar-refractivity contribution in [1.29, 1.82) is 0 Å². The molecule has 2 heterocycles. The van der Waals surface area contributed by atoms with Crippen LogP contribution in [0.3, 0.4) is 0 Å². The summed E-state index contributed by atoms with van der Waals surface area (Å²) < 4.78 is 11.8. The van der Waals surface area contributed by atoms with E-state index in [2.05, 4.69) is 10.3 Å². The Morgan fingerprint density at radius 3 is 2.71 bits per heavy atom. The number of hydrogen-bond acceptors (Lipinski definition) is 5. The molecule has 1 N–H and O–H groups in total. The molecule has 1 amide bonds. The van der Waals surface area contributed by atoms with Crippen molar-refractivity contribution < 1.29 is 14.3 Å². The minimum Gasteiger partial charge on any atom is -0.454 e. The molecule has 2 aromatic carbocycles. The van der Waals surface area contributed by atoms with Gasteiger partial charge in [-0.2, -0.15) is 0 Å². The number of hydrogen-bond donors (Lipinski definition) is 1. The highest BCUT2D eigenvalue weighted by molar-refractivity contribution is 6.31. The van der Waals surface area contributed by atoms with Crippen LogP contribution in [0.1, 0.15) is 5.69 Å². The fraction of sp³-hybridized carbons (Fsp3) is 0.150. The molecule has 0 radical (unpaired) electrons. The Morgan fingerprint density at radius 2 is 1.93 bits per heavy atom. The lowest BCUT2D eigenvalue weighted by Gasteiger charge is -2.14. The Morgan fingerprint density at radius 1 is 1.18 bits per heavy atom. The summed E-state index contributed by atoms with van der Waals surface area (Å²) >= 11 is 6.09. The summed E-state index contributed by atoms with van der Waals surface area (Å²) in [6.45, 7) is 1.58. The van der Waals surface area contributed by atoms with Crippen LogP contribution in [0, 0.1) is 6.92 Å². The second-order valence-electron chi connectivity index (χ2n) is 6.21. The number of rotatable bonds is 4. The number of nitrogens with one attached hydrogen (secondary N) is 1. The molecule has 0 saturated carbocycles. The average Bonchev–Trinajstić information content (AvgIpc) is 3.17. The Balaban J connectivity index is 1.64. The zero-order chi connectivity index (χ0) is 19.7. The monoisotopic (exact) mass is 397 g/mol. The Labute approximate surface area is 165 Å². The number of aromatic nitrogens is 2. The largest absolute Gasteiger partial charge is 0.454 e. The third-order valence-electron chi connectivity index (χ3n) is 4.27. The molecule has 4 rings (SSSR count). The molecule has 1 aliphatic rings. The number of carbonyl (C=O) groups is 1. The highest BCUT2D eigenvalue weighted by Crippen LogP contribution is 2.34. The van der Waals surface area contributed by atoms with Crippen LogP contribution in [0.25, 0.3) is 11.4 Å². The van der Waals surface area contributed by atoms with Crippen LogP contribution in [0.5, 0.6) is 11.5 Å². The molecule has 28 heavy (non-hydrogen) atoms. The van der Waals surface area contributed by atoms with Crippen molar-refractivity contribution in [2.45, 2.75) is 13.5 Å². The number of aryl methyl sites for hydroxylation is 1. The van der Waals surface area contributed by atoms with Gasteiger partial charge in [-0.05, 0) is 19.1 Å². The number of anilines is 1. The van der Waals surface area contributed by atoms with Gasteiger partial charge in [-0.25, -0.2) is 4.98 Å². The predicted molar refractivity (Wildman–Crippen MR) is 105 cm³/mol. The van der Waals surface area contributed by atoms with E-state index in [0.717, 1.165) is 5.56 Å². The lowest BCUT2D eigenvalue weighted by molar-refractivity contribution is -0.116. The quantitative estimate of drug-likeness (QED) is 0.730. The summed E-state index contributed by atoms with van der Waals surface area (Å²) in [6, 6.07) is 14.3. The number of amides is 1. The molecule has 0 fully saturated rings. The standard InChI is InChI=1S/C20H16ClN3O4/c1-12-18(21)20(26)24(19(22-12)13-5-3-2-4-6-13)10-17(25)23-14-7-8-15-16(9-14)28-11-27-15/h2-9H,10-11H2,1H3,(H,23,25). The maximum atomic E-state index is 12.7. The molecule has 0 bridgehead atoms. The SMILES string of the molecule is Cc1nc(-c2ccccc2)n(CC(=O)Nc2ccc3c(c2)OCO3)c(=O)c1Cl. The fourth-order valence-corrected chi connectivity index (χ4v) is 3.05. The average molecular weight is 398 g/mol. The molecule has 142 valence electrons. The molecule has 3 aromatic rings. The van der Waals surface area contributed by atoms with Gasteiger partial charge in [0.05, 0.1) is 5.69 Å². The van der Waals surface area contributed by atoms with Gasteiger partial charge in [0, 0.05) is 17.3 Å². The molecule has 0 aliphatic carbocycles. The number of benzene rings is 2. The molecular weight excluding hydrogens is 382 g/mol. The van der Waals surface area contributed by atoms with Crippen molar-refractivity contribution in [2.75, 3.05) is 12.1 Å². The lowest BCUT2D eigenvalue weighted by atomic mass is 10.2. The van der Waals surface area contributed by atoms with Gasteiger partial charge in [-0.1, -0.05) is 41.9 Å². The summed E-state index contributed by atoms with van der Waals surface area (Å²) in [5.74, 6) is 1.17. The normalized spacial score (nSPS) is 12.1. The Bertz CT molecular complexity index is 1110. The fourth-order valence-electron chi connectivity index (χ4n) is 2.91. The van der Waals surface area contributed by atoms with Gasteiger partial charge in [0.1, 0.15) is 17.4 Å². The first kappa shape index (κ1) is 18.1. The number of halogens is 1.